The van der Waals surface area contributed by atoms with Crippen LogP contribution in [-0.2, 0) is 9.47 Å². The first kappa shape index (κ1) is 10.0. The Kier molecular flexibility index (Phi) is 4.02. The monoisotopic (exact) mass is 172 g/mol. The second-order valence-corrected chi connectivity index (χ2v) is 3.64. The zero-order valence-corrected chi connectivity index (χ0v) is 8.38. The molecule has 2 heteroatoms. The van der Waals surface area contributed by atoms with Gasteiger partial charge in [-0.2, -0.15) is 0 Å². The number of ether oxygens (including phenoxy) is 2. The quantitative estimate of drug-likeness (QED) is 0.610. The molecule has 3 atom stereocenters. The van der Waals surface area contributed by atoms with Crippen LogP contribution in [-0.4, -0.2) is 24.9 Å². The van der Waals surface area contributed by atoms with Crippen molar-refractivity contribution in [2.45, 2.75) is 58.3 Å². The molecule has 12 heavy (non-hydrogen) atoms. The van der Waals surface area contributed by atoms with Crippen molar-refractivity contribution in [1.82, 2.24) is 0 Å². The number of hydrogen-bond acceptors (Lipinski definition) is 2. The highest BCUT2D eigenvalue weighted by molar-refractivity contribution is 4.73. The average Bonchev–Trinajstić information content (AvgIpc) is 2.91. The first-order valence-electron chi connectivity index (χ1n) is 5.01. The van der Waals surface area contributed by atoms with Gasteiger partial charge in [0, 0.05) is 0 Å². The standard InChI is InChI=1S/C6H12O.C4H8O/c1-2-3-4-6-5-7-6;1-3-4(2)5-3/h6H,2-5H2,1H3;3-4H,1-2H3. The van der Waals surface area contributed by atoms with Crippen molar-refractivity contribution >= 4 is 0 Å². The number of rotatable bonds is 3. The van der Waals surface area contributed by atoms with Crippen LogP contribution < -0.4 is 0 Å². The summed E-state index contributed by atoms with van der Waals surface area (Å²) in [6.07, 6.45) is 5.69. The number of hydrogen-bond donors (Lipinski definition) is 0. The molecule has 0 saturated carbocycles. The van der Waals surface area contributed by atoms with Gasteiger partial charge >= 0.3 is 0 Å². The van der Waals surface area contributed by atoms with Gasteiger partial charge in [0.15, 0.2) is 0 Å². The van der Waals surface area contributed by atoms with Gasteiger partial charge in [-0.15, -0.1) is 0 Å². The lowest BCUT2D eigenvalue weighted by Gasteiger charge is -1.86. The largest absolute Gasteiger partial charge is 0.373 e. The predicted molar refractivity (Wildman–Crippen MR) is 49.3 cm³/mol. The highest BCUT2D eigenvalue weighted by Crippen LogP contribution is 2.18. The Balaban J connectivity index is 0.000000127. The third kappa shape index (κ3) is 4.73. The molecule has 3 unspecified atom stereocenters. The van der Waals surface area contributed by atoms with Gasteiger partial charge in [0.25, 0.3) is 0 Å². The molecule has 0 radical (unpaired) electrons. The van der Waals surface area contributed by atoms with Crippen molar-refractivity contribution < 1.29 is 9.47 Å². The molecular formula is C10H20O2. The smallest absolute Gasteiger partial charge is 0.0811 e. The van der Waals surface area contributed by atoms with E-state index in [0.29, 0.717) is 18.3 Å². The van der Waals surface area contributed by atoms with E-state index in [0.717, 1.165) is 6.61 Å². The molecule has 0 aliphatic carbocycles. The van der Waals surface area contributed by atoms with Crippen LogP contribution >= 0.6 is 0 Å². The van der Waals surface area contributed by atoms with Crippen LogP contribution in [0.2, 0.25) is 0 Å². The lowest BCUT2D eigenvalue weighted by atomic mass is 10.2. The maximum Gasteiger partial charge on any atom is 0.0811 e. The predicted octanol–water partition coefficient (Wildman–Crippen LogP) is 2.37. The van der Waals surface area contributed by atoms with Gasteiger partial charge < -0.3 is 9.47 Å². The fourth-order valence-corrected chi connectivity index (χ4v) is 0.960. The molecule has 2 saturated heterocycles. The Labute approximate surface area is 75.2 Å². The molecule has 2 aliphatic rings. The molecule has 2 nitrogen and oxygen atoms in total. The lowest BCUT2D eigenvalue weighted by Crippen LogP contribution is -1.81. The fourth-order valence-electron chi connectivity index (χ4n) is 0.960. The minimum Gasteiger partial charge on any atom is -0.373 e. The van der Waals surface area contributed by atoms with Gasteiger partial charge in [-0.1, -0.05) is 19.8 Å². The summed E-state index contributed by atoms with van der Waals surface area (Å²) in [6.45, 7) is 7.39. The highest BCUT2D eigenvalue weighted by atomic mass is 16.6. The van der Waals surface area contributed by atoms with Gasteiger partial charge in [0.1, 0.15) is 0 Å². The van der Waals surface area contributed by atoms with E-state index in [1.165, 1.54) is 19.3 Å². The SMILES string of the molecule is CC1OC1C.CCCCC1CO1. The second-order valence-electron chi connectivity index (χ2n) is 3.64. The van der Waals surface area contributed by atoms with Gasteiger partial charge in [-0.25, -0.2) is 0 Å². The molecule has 2 aliphatic heterocycles. The maximum atomic E-state index is 5.01. The normalized spacial score (nSPS) is 36.8. The van der Waals surface area contributed by atoms with Gasteiger partial charge in [0.2, 0.25) is 0 Å². The molecule has 0 amide bonds. The zero-order chi connectivity index (χ0) is 8.97. The van der Waals surface area contributed by atoms with E-state index in [1.807, 2.05) is 0 Å². The third-order valence-electron chi connectivity index (χ3n) is 2.30. The van der Waals surface area contributed by atoms with E-state index in [9.17, 15) is 0 Å². The summed E-state index contributed by atoms with van der Waals surface area (Å²) in [5, 5.41) is 0. The summed E-state index contributed by atoms with van der Waals surface area (Å²) in [5.41, 5.74) is 0. The van der Waals surface area contributed by atoms with Crippen molar-refractivity contribution in [3.63, 3.8) is 0 Å². The minimum atomic E-state index is 0.551. The summed E-state index contributed by atoms with van der Waals surface area (Å²) < 4.78 is 9.93. The van der Waals surface area contributed by atoms with Crippen LogP contribution in [0.15, 0.2) is 0 Å². The fraction of sp³-hybridized carbons (Fsp3) is 1.00. The van der Waals surface area contributed by atoms with Crippen molar-refractivity contribution in [3.05, 3.63) is 0 Å². The van der Waals surface area contributed by atoms with E-state index >= 15 is 0 Å². The van der Waals surface area contributed by atoms with Crippen LogP contribution in [0.1, 0.15) is 40.0 Å². The molecule has 0 bridgehead atoms. The van der Waals surface area contributed by atoms with Gasteiger partial charge in [0.05, 0.1) is 24.9 Å². The molecular weight excluding hydrogens is 152 g/mol. The van der Waals surface area contributed by atoms with Gasteiger partial charge in [-0.05, 0) is 20.3 Å². The van der Waals surface area contributed by atoms with Crippen molar-refractivity contribution in [3.8, 4) is 0 Å². The Hall–Kier alpha value is -0.0800. The molecule has 0 N–H and O–H groups in total. The summed E-state index contributed by atoms with van der Waals surface area (Å²) in [5.74, 6) is 0. The molecule has 0 aromatic heterocycles. The first-order valence-corrected chi connectivity index (χ1v) is 5.01. The molecule has 2 fully saturated rings. The van der Waals surface area contributed by atoms with Crippen LogP contribution in [0.25, 0.3) is 0 Å². The maximum absolute atomic E-state index is 5.01. The molecule has 0 aromatic carbocycles. The van der Waals surface area contributed by atoms with Crippen molar-refractivity contribution in [2.75, 3.05) is 6.61 Å². The highest BCUT2D eigenvalue weighted by Gasteiger charge is 2.27. The van der Waals surface area contributed by atoms with Crippen molar-refractivity contribution in [2.24, 2.45) is 0 Å². The topological polar surface area (TPSA) is 25.1 Å². The minimum absolute atomic E-state index is 0.551. The van der Waals surface area contributed by atoms with Crippen molar-refractivity contribution in [1.29, 1.82) is 0 Å². The van der Waals surface area contributed by atoms with E-state index in [1.54, 1.807) is 0 Å². The molecule has 0 spiro atoms. The van der Waals surface area contributed by atoms with Crippen LogP contribution in [0.3, 0.4) is 0 Å². The lowest BCUT2D eigenvalue weighted by molar-refractivity contribution is 0.388. The van der Waals surface area contributed by atoms with E-state index in [4.69, 9.17) is 9.47 Å². The Morgan fingerprint density at radius 2 is 1.75 bits per heavy atom. The summed E-state index contributed by atoms with van der Waals surface area (Å²) >= 11 is 0. The molecule has 0 aromatic rings. The van der Waals surface area contributed by atoms with Crippen LogP contribution in [0.5, 0.6) is 0 Å². The van der Waals surface area contributed by atoms with Crippen LogP contribution in [0.4, 0.5) is 0 Å². The summed E-state index contributed by atoms with van der Waals surface area (Å²) in [4.78, 5) is 0. The van der Waals surface area contributed by atoms with E-state index in [2.05, 4.69) is 20.8 Å². The molecule has 2 heterocycles. The second kappa shape index (κ2) is 4.83. The average molecular weight is 172 g/mol. The number of epoxide rings is 2. The Bertz CT molecular complexity index is 115. The third-order valence-corrected chi connectivity index (χ3v) is 2.30. The summed E-state index contributed by atoms with van der Waals surface area (Å²) in [7, 11) is 0. The molecule has 72 valence electrons. The first-order chi connectivity index (χ1) is 5.74. The summed E-state index contributed by atoms with van der Waals surface area (Å²) in [6, 6.07) is 0. The Morgan fingerprint density at radius 1 is 1.25 bits per heavy atom. The van der Waals surface area contributed by atoms with E-state index < -0.39 is 0 Å². The van der Waals surface area contributed by atoms with Crippen LogP contribution in [0, 0.1) is 0 Å². The Morgan fingerprint density at radius 3 is 2.00 bits per heavy atom. The van der Waals surface area contributed by atoms with Gasteiger partial charge in [-0.3, -0.25) is 0 Å². The number of unbranched alkanes of at least 4 members (excludes halogenated alkanes) is 1. The molecule has 2 rings (SSSR count). The zero-order valence-electron chi connectivity index (χ0n) is 8.38. The van der Waals surface area contributed by atoms with E-state index in [-0.39, 0.29) is 0 Å².